The highest BCUT2D eigenvalue weighted by Crippen LogP contribution is 2.20. The van der Waals surface area contributed by atoms with Gasteiger partial charge in [0.05, 0.1) is 12.3 Å². The van der Waals surface area contributed by atoms with Crippen LogP contribution < -0.4 is 5.73 Å². The van der Waals surface area contributed by atoms with Gasteiger partial charge in [-0.3, -0.25) is 4.79 Å². The lowest BCUT2D eigenvalue weighted by molar-refractivity contribution is -0.137. The predicted octanol–water partition coefficient (Wildman–Crippen LogP) is 1.85. The van der Waals surface area contributed by atoms with Gasteiger partial charge in [0.2, 0.25) is 0 Å². The molecule has 0 aromatic heterocycles. The molecule has 3 heteroatoms. The maximum absolute atomic E-state index is 10.6. The molecule has 3 N–H and O–H groups in total. The Morgan fingerprint density at radius 2 is 2.07 bits per heavy atom. The molecule has 1 aromatic rings. The Labute approximate surface area is 88.9 Å². The van der Waals surface area contributed by atoms with E-state index in [1.54, 1.807) is 19.1 Å². The first-order valence-corrected chi connectivity index (χ1v) is 4.63. The zero-order valence-electron chi connectivity index (χ0n) is 8.53. The van der Waals surface area contributed by atoms with Crippen molar-refractivity contribution in [2.75, 3.05) is 5.73 Å². The monoisotopic (exact) mass is 203 g/mol. The quantitative estimate of drug-likeness (QED) is 0.582. The molecule has 0 heterocycles. The van der Waals surface area contributed by atoms with E-state index in [0.717, 1.165) is 5.56 Å². The molecule has 0 bridgehead atoms. The number of carbonyl (C=O) groups is 1. The summed E-state index contributed by atoms with van der Waals surface area (Å²) < 4.78 is 0. The first-order chi connectivity index (χ1) is 7.13. The zero-order chi connectivity index (χ0) is 11.3. The third kappa shape index (κ3) is 3.35. The molecule has 78 valence electrons. The molecule has 0 saturated heterocycles. The Morgan fingerprint density at radius 1 is 1.47 bits per heavy atom. The molecule has 1 atom stereocenters. The van der Waals surface area contributed by atoms with Crippen LogP contribution in [0.5, 0.6) is 0 Å². The Balaban J connectivity index is 2.92. The third-order valence-electron chi connectivity index (χ3n) is 2.04. The van der Waals surface area contributed by atoms with Crippen LogP contribution in [0.2, 0.25) is 0 Å². The highest BCUT2D eigenvalue weighted by atomic mass is 16.4. The van der Waals surface area contributed by atoms with Crippen LogP contribution in [-0.4, -0.2) is 11.1 Å². The average Bonchev–Trinajstić information content (AvgIpc) is 2.17. The summed E-state index contributed by atoms with van der Waals surface area (Å²) in [5, 5.41) is 8.73. The van der Waals surface area contributed by atoms with Gasteiger partial charge in [0.25, 0.3) is 0 Å². The van der Waals surface area contributed by atoms with Crippen LogP contribution in [-0.2, 0) is 4.79 Å². The van der Waals surface area contributed by atoms with E-state index in [2.05, 4.69) is 11.8 Å². The Hall–Kier alpha value is -1.95. The average molecular weight is 203 g/mol. The molecule has 0 saturated carbocycles. The number of rotatable bonds is 3. The molecule has 1 rings (SSSR count). The molecule has 0 aliphatic carbocycles. The van der Waals surface area contributed by atoms with E-state index in [9.17, 15) is 4.79 Å². The summed E-state index contributed by atoms with van der Waals surface area (Å²) >= 11 is 0. The van der Waals surface area contributed by atoms with Gasteiger partial charge in [0.1, 0.15) is 0 Å². The van der Waals surface area contributed by atoms with E-state index in [1.807, 2.05) is 12.1 Å². The van der Waals surface area contributed by atoms with Gasteiger partial charge < -0.3 is 10.8 Å². The van der Waals surface area contributed by atoms with Crippen LogP contribution in [0, 0.1) is 11.8 Å². The van der Waals surface area contributed by atoms with Crippen molar-refractivity contribution in [1.29, 1.82) is 0 Å². The fourth-order valence-electron chi connectivity index (χ4n) is 1.33. The molecule has 0 spiro atoms. The molecule has 1 aromatic carbocycles. The van der Waals surface area contributed by atoms with Gasteiger partial charge in [0.15, 0.2) is 0 Å². The molecule has 3 nitrogen and oxygen atoms in total. The van der Waals surface area contributed by atoms with E-state index in [0.29, 0.717) is 5.69 Å². The highest BCUT2D eigenvalue weighted by molar-refractivity contribution is 5.69. The van der Waals surface area contributed by atoms with Crippen molar-refractivity contribution in [3.05, 3.63) is 29.8 Å². The zero-order valence-corrected chi connectivity index (χ0v) is 8.53. The number of nitrogen functional groups attached to an aromatic ring is 1. The van der Waals surface area contributed by atoms with Crippen LogP contribution in [0.4, 0.5) is 5.69 Å². The number of aliphatic carboxylic acids is 1. The number of carboxylic acids is 1. The molecule has 0 aliphatic heterocycles. The van der Waals surface area contributed by atoms with Crippen molar-refractivity contribution in [3.63, 3.8) is 0 Å². The third-order valence-corrected chi connectivity index (χ3v) is 2.04. The van der Waals surface area contributed by atoms with Crippen molar-refractivity contribution in [2.45, 2.75) is 19.3 Å². The van der Waals surface area contributed by atoms with E-state index < -0.39 is 5.97 Å². The summed E-state index contributed by atoms with van der Waals surface area (Å²) in [6.45, 7) is 1.70. The van der Waals surface area contributed by atoms with Crippen molar-refractivity contribution < 1.29 is 9.90 Å². The fourth-order valence-corrected chi connectivity index (χ4v) is 1.33. The second kappa shape index (κ2) is 5.06. The molecule has 1 unspecified atom stereocenters. The molecule has 0 amide bonds. The molecular formula is C12H13NO2. The summed E-state index contributed by atoms with van der Waals surface area (Å²) in [5.41, 5.74) is 7.10. The number of anilines is 1. The van der Waals surface area contributed by atoms with Gasteiger partial charge in [0, 0.05) is 5.69 Å². The summed E-state index contributed by atoms with van der Waals surface area (Å²) in [6.07, 6.45) is 0.0186. The Morgan fingerprint density at radius 3 is 2.53 bits per heavy atom. The molecule has 0 radical (unpaired) electrons. The van der Waals surface area contributed by atoms with Crippen LogP contribution in [0.1, 0.15) is 24.8 Å². The summed E-state index contributed by atoms with van der Waals surface area (Å²) in [5.74, 6) is 4.52. The van der Waals surface area contributed by atoms with E-state index in [1.165, 1.54) is 0 Å². The van der Waals surface area contributed by atoms with Crippen LogP contribution in [0.3, 0.4) is 0 Å². The second-order valence-corrected chi connectivity index (χ2v) is 3.21. The maximum atomic E-state index is 10.6. The summed E-state index contributed by atoms with van der Waals surface area (Å²) in [6, 6.07) is 7.13. The van der Waals surface area contributed by atoms with Crippen molar-refractivity contribution in [3.8, 4) is 11.8 Å². The topological polar surface area (TPSA) is 63.3 Å². The Kier molecular flexibility index (Phi) is 3.75. The van der Waals surface area contributed by atoms with E-state index >= 15 is 0 Å². The first-order valence-electron chi connectivity index (χ1n) is 4.63. The number of benzene rings is 1. The van der Waals surface area contributed by atoms with E-state index in [4.69, 9.17) is 10.8 Å². The SMILES string of the molecule is CC#CC(CC(=O)O)c1ccc(N)cc1. The normalized spacial score (nSPS) is 11.3. The first kappa shape index (κ1) is 11.1. The van der Waals surface area contributed by atoms with Gasteiger partial charge in [-0.2, -0.15) is 0 Å². The van der Waals surface area contributed by atoms with Crippen molar-refractivity contribution >= 4 is 11.7 Å². The van der Waals surface area contributed by atoms with E-state index in [-0.39, 0.29) is 12.3 Å². The lowest BCUT2D eigenvalue weighted by Crippen LogP contribution is -2.04. The van der Waals surface area contributed by atoms with Crippen LogP contribution in [0.25, 0.3) is 0 Å². The lowest BCUT2D eigenvalue weighted by atomic mass is 9.96. The second-order valence-electron chi connectivity index (χ2n) is 3.21. The standard InChI is InChI=1S/C12H13NO2/c1-2-3-10(8-12(14)15)9-4-6-11(13)7-5-9/h4-7,10H,8,13H2,1H3,(H,14,15). The lowest BCUT2D eigenvalue weighted by Gasteiger charge is -2.08. The molecular weight excluding hydrogens is 190 g/mol. The van der Waals surface area contributed by atoms with Gasteiger partial charge in [-0.05, 0) is 24.6 Å². The largest absolute Gasteiger partial charge is 0.481 e. The maximum Gasteiger partial charge on any atom is 0.304 e. The molecule has 0 fully saturated rings. The van der Waals surface area contributed by atoms with Crippen LogP contribution >= 0.6 is 0 Å². The number of hydrogen-bond donors (Lipinski definition) is 2. The minimum Gasteiger partial charge on any atom is -0.481 e. The fraction of sp³-hybridized carbons (Fsp3) is 0.250. The van der Waals surface area contributed by atoms with Crippen molar-refractivity contribution in [2.24, 2.45) is 0 Å². The molecule has 15 heavy (non-hydrogen) atoms. The number of hydrogen-bond acceptors (Lipinski definition) is 2. The molecule has 0 aliphatic rings. The predicted molar refractivity (Wildman–Crippen MR) is 59.3 cm³/mol. The number of carboxylic acid groups (broad SMARTS) is 1. The summed E-state index contributed by atoms with van der Waals surface area (Å²) in [4.78, 5) is 10.6. The van der Waals surface area contributed by atoms with Gasteiger partial charge in [-0.15, -0.1) is 5.92 Å². The summed E-state index contributed by atoms with van der Waals surface area (Å²) in [7, 11) is 0. The smallest absolute Gasteiger partial charge is 0.304 e. The Bertz CT molecular complexity index is 398. The highest BCUT2D eigenvalue weighted by Gasteiger charge is 2.12. The van der Waals surface area contributed by atoms with Crippen molar-refractivity contribution in [1.82, 2.24) is 0 Å². The number of nitrogens with two attached hydrogens (primary N) is 1. The minimum atomic E-state index is -0.848. The van der Waals surface area contributed by atoms with Gasteiger partial charge >= 0.3 is 5.97 Å². The van der Waals surface area contributed by atoms with Gasteiger partial charge in [-0.1, -0.05) is 18.1 Å². The minimum absolute atomic E-state index is 0.0186. The van der Waals surface area contributed by atoms with Gasteiger partial charge in [-0.25, -0.2) is 0 Å². The van der Waals surface area contributed by atoms with Crippen LogP contribution in [0.15, 0.2) is 24.3 Å².